The molecule has 6 heteroatoms. The number of carbonyl (C=O) groups excluding carboxylic acids is 2. The maximum absolute atomic E-state index is 12.1. The summed E-state index contributed by atoms with van der Waals surface area (Å²) in [6, 6.07) is 18.8. The van der Waals surface area contributed by atoms with Gasteiger partial charge in [0.2, 0.25) is 0 Å². The molecule has 0 spiro atoms. The maximum Gasteiger partial charge on any atom is 0.270 e. The Morgan fingerprint density at radius 3 is 2.32 bits per heavy atom. The van der Waals surface area contributed by atoms with Crippen LogP contribution in [0.3, 0.4) is 0 Å². The third kappa shape index (κ3) is 4.74. The summed E-state index contributed by atoms with van der Waals surface area (Å²) in [6.07, 6.45) is 0.758. The quantitative estimate of drug-likeness (QED) is 0.715. The van der Waals surface area contributed by atoms with Crippen LogP contribution in [0.2, 0.25) is 0 Å². The van der Waals surface area contributed by atoms with Crippen LogP contribution in [0.4, 0.5) is 5.13 Å². The van der Waals surface area contributed by atoms with Gasteiger partial charge >= 0.3 is 0 Å². The lowest BCUT2D eigenvalue weighted by molar-refractivity contribution is 0.0948. The predicted molar refractivity (Wildman–Crippen MR) is 99.0 cm³/mol. The number of anilines is 1. The van der Waals surface area contributed by atoms with Crippen molar-refractivity contribution in [2.75, 3.05) is 11.9 Å². The fourth-order valence-corrected chi connectivity index (χ4v) is 2.94. The standard InChI is InChI=1S/C19H17N3O2S/c23-17(15-9-5-2-6-10-15)22-19-21-16(13-25-19)18(24)20-12-11-14-7-3-1-4-8-14/h1-10,13H,11-12H2,(H,20,24)(H,21,22,23). The summed E-state index contributed by atoms with van der Waals surface area (Å²) in [7, 11) is 0. The Balaban J connectivity index is 1.52. The van der Waals surface area contributed by atoms with Gasteiger partial charge in [-0.25, -0.2) is 4.98 Å². The minimum atomic E-state index is -0.244. The zero-order valence-corrected chi connectivity index (χ0v) is 14.3. The van der Waals surface area contributed by atoms with Gasteiger partial charge in [-0.05, 0) is 24.1 Å². The number of nitrogens with zero attached hydrogens (tertiary/aromatic N) is 1. The van der Waals surface area contributed by atoms with E-state index >= 15 is 0 Å². The van der Waals surface area contributed by atoms with E-state index in [2.05, 4.69) is 15.6 Å². The molecule has 0 aliphatic heterocycles. The van der Waals surface area contributed by atoms with Gasteiger partial charge in [0.1, 0.15) is 5.69 Å². The van der Waals surface area contributed by atoms with E-state index in [0.717, 1.165) is 12.0 Å². The summed E-state index contributed by atoms with van der Waals surface area (Å²) in [5, 5.41) is 7.58. The molecule has 2 amide bonds. The van der Waals surface area contributed by atoms with Gasteiger partial charge in [0.05, 0.1) is 0 Å². The van der Waals surface area contributed by atoms with Crippen molar-refractivity contribution in [2.24, 2.45) is 0 Å². The van der Waals surface area contributed by atoms with Crippen molar-refractivity contribution in [2.45, 2.75) is 6.42 Å². The Morgan fingerprint density at radius 1 is 0.920 bits per heavy atom. The topological polar surface area (TPSA) is 71.1 Å². The van der Waals surface area contributed by atoms with Crippen LogP contribution < -0.4 is 10.6 Å². The molecule has 2 N–H and O–H groups in total. The van der Waals surface area contributed by atoms with Crippen molar-refractivity contribution in [1.82, 2.24) is 10.3 Å². The number of amides is 2. The number of carbonyl (C=O) groups is 2. The second-order valence-corrected chi connectivity index (χ2v) is 6.21. The SMILES string of the molecule is O=C(Nc1nc(C(=O)NCCc2ccccc2)cs1)c1ccccc1. The Bertz CT molecular complexity index is 847. The van der Waals surface area contributed by atoms with Crippen molar-refractivity contribution in [3.63, 3.8) is 0 Å². The van der Waals surface area contributed by atoms with E-state index in [1.54, 1.807) is 29.6 Å². The smallest absolute Gasteiger partial charge is 0.270 e. The molecule has 25 heavy (non-hydrogen) atoms. The van der Waals surface area contributed by atoms with Crippen molar-refractivity contribution < 1.29 is 9.59 Å². The number of rotatable bonds is 6. The summed E-state index contributed by atoms with van der Waals surface area (Å²) in [5.41, 5.74) is 2.02. The van der Waals surface area contributed by atoms with Crippen molar-refractivity contribution >= 4 is 28.3 Å². The average Bonchev–Trinajstić information content (AvgIpc) is 3.12. The van der Waals surface area contributed by atoms with Crippen LogP contribution in [0.15, 0.2) is 66.0 Å². The van der Waals surface area contributed by atoms with Gasteiger partial charge in [0.25, 0.3) is 11.8 Å². The van der Waals surface area contributed by atoms with Gasteiger partial charge in [-0.2, -0.15) is 0 Å². The van der Waals surface area contributed by atoms with E-state index in [1.165, 1.54) is 11.3 Å². The summed E-state index contributed by atoms with van der Waals surface area (Å²) in [5.74, 6) is -0.488. The van der Waals surface area contributed by atoms with E-state index in [1.807, 2.05) is 36.4 Å². The monoisotopic (exact) mass is 351 g/mol. The molecular weight excluding hydrogens is 334 g/mol. The maximum atomic E-state index is 12.1. The summed E-state index contributed by atoms with van der Waals surface area (Å²) < 4.78 is 0. The first-order chi connectivity index (χ1) is 12.2. The highest BCUT2D eigenvalue weighted by Crippen LogP contribution is 2.16. The molecule has 3 aromatic rings. The molecule has 0 bridgehead atoms. The zero-order chi connectivity index (χ0) is 17.5. The van der Waals surface area contributed by atoms with Gasteiger partial charge < -0.3 is 5.32 Å². The minimum absolute atomic E-state index is 0.243. The molecule has 0 aliphatic rings. The molecule has 1 heterocycles. The molecule has 0 saturated carbocycles. The Kier molecular flexibility index (Phi) is 5.53. The van der Waals surface area contributed by atoms with E-state index in [4.69, 9.17) is 0 Å². The van der Waals surface area contributed by atoms with E-state index < -0.39 is 0 Å². The third-order valence-electron chi connectivity index (χ3n) is 3.54. The number of hydrogen-bond donors (Lipinski definition) is 2. The lowest BCUT2D eigenvalue weighted by Gasteiger charge is -2.03. The zero-order valence-electron chi connectivity index (χ0n) is 13.4. The van der Waals surface area contributed by atoms with E-state index in [0.29, 0.717) is 22.9 Å². The lowest BCUT2D eigenvalue weighted by Crippen LogP contribution is -2.26. The second kappa shape index (κ2) is 8.21. The van der Waals surface area contributed by atoms with Gasteiger partial charge in [-0.3, -0.25) is 14.9 Å². The first kappa shape index (κ1) is 16.9. The van der Waals surface area contributed by atoms with Crippen LogP contribution in [0.1, 0.15) is 26.4 Å². The molecular formula is C19H17N3O2S. The first-order valence-electron chi connectivity index (χ1n) is 7.86. The van der Waals surface area contributed by atoms with E-state index in [9.17, 15) is 9.59 Å². The second-order valence-electron chi connectivity index (χ2n) is 5.35. The van der Waals surface area contributed by atoms with Crippen molar-refractivity contribution in [1.29, 1.82) is 0 Å². The van der Waals surface area contributed by atoms with E-state index in [-0.39, 0.29) is 11.8 Å². The third-order valence-corrected chi connectivity index (χ3v) is 4.29. The predicted octanol–water partition coefficient (Wildman–Crippen LogP) is 3.37. The summed E-state index contributed by atoms with van der Waals surface area (Å²) in [4.78, 5) is 28.4. The molecule has 0 aliphatic carbocycles. The molecule has 0 unspecified atom stereocenters. The van der Waals surface area contributed by atoms with Crippen LogP contribution >= 0.6 is 11.3 Å². The number of aromatic nitrogens is 1. The van der Waals surface area contributed by atoms with Crippen molar-refractivity contribution in [3.8, 4) is 0 Å². The van der Waals surface area contributed by atoms with Gasteiger partial charge in [0.15, 0.2) is 5.13 Å². The Morgan fingerprint density at radius 2 is 1.60 bits per heavy atom. The molecule has 0 fully saturated rings. The molecule has 5 nitrogen and oxygen atoms in total. The van der Waals surface area contributed by atoms with Crippen LogP contribution in [0.5, 0.6) is 0 Å². The molecule has 0 saturated heterocycles. The van der Waals surface area contributed by atoms with Crippen LogP contribution in [0, 0.1) is 0 Å². The average molecular weight is 351 g/mol. The fraction of sp³-hybridized carbons (Fsp3) is 0.105. The van der Waals surface area contributed by atoms with Gasteiger partial charge in [0, 0.05) is 17.5 Å². The number of hydrogen-bond acceptors (Lipinski definition) is 4. The summed E-state index contributed by atoms with van der Waals surface area (Å²) >= 11 is 1.23. The minimum Gasteiger partial charge on any atom is -0.350 e. The summed E-state index contributed by atoms with van der Waals surface area (Å²) in [6.45, 7) is 0.534. The normalized spacial score (nSPS) is 10.2. The highest BCUT2D eigenvalue weighted by Gasteiger charge is 2.12. The number of thiazole rings is 1. The van der Waals surface area contributed by atoms with Crippen molar-refractivity contribution in [3.05, 3.63) is 82.9 Å². The Labute approximate surface area is 149 Å². The molecule has 3 rings (SSSR count). The van der Waals surface area contributed by atoms with Crippen LogP contribution in [-0.4, -0.2) is 23.3 Å². The molecule has 0 radical (unpaired) electrons. The molecule has 2 aromatic carbocycles. The lowest BCUT2D eigenvalue weighted by atomic mass is 10.1. The molecule has 1 aromatic heterocycles. The molecule has 0 atom stereocenters. The largest absolute Gasteiger partial charge is 0.350 e. The number of benzene rings is 2. The highest BCUT2D eigenvalue weighted by molar-refractivity contribution is 7.14. The highest BCUT2D eigenvalue weighted by atomic mass is 32.1. The van der Waals surface area contributed by atoms with Gasteiger partial charge in [-0.1, -0.05) is 48.5 Å². The van der Waals surface area contributed by atoms with Gasteiger partial charge in [-0.15, -0.1) is 11.3 Å². The molecule has 126 valence electrons. The fourth-order valence-electron chi connectivity index (χ4n) is 2.25. The van der Waals surface area contributed by atoms with Crippen LogP contribution in [0.25, 0.3) is 0 Å². The Hall–Kier alpha value is -2.99. The first-order valence-corrected chi connectivity index (χ1v) is 8.74. The number of nitrogens with one attached hydrogen (secondary N) is 2. The van der Waals surface area contributed by atoms with Crippen LogP contribution in [-0.2, 0) is 6.42 Å².